The number of carbonyl (C=O) groups excluding carboxylic acids is 2. The van der Waals surface area contributed by atoms with Crippen molar-refractivity contribution in [3.63, 3.8) is 0 Å². The van der Waals surface area contributed by atoms with Gasteiger partial charge >= 0.3 is 0 Å². The number of fused-ring (bicyclic) bond motifs is 1. The van der Waals surface area contributed by atoms with E-state index in [4.69, 9.17) is 0 Å². The van der Waals surface area contributed by atoms with Gasteiger partial charge < -0.3 is 14.4 Å². The Balaban J connectivity index is 1.73. The number of hydrogen-bond donors (Lipinski definition) is 0. The molecule has 1 aromatic heterocycles. The van der Waals surface area contributed by atoms with Gasteiger partial charge in [-0.3, -0.25) is 9.59 Å². The maximum Gasteiger partial charge on any atom is 0.223 e. The largest absolute Gasteiger partial charge is 0.349 e. The molecule has 132 valence electrons. The van der Waals surface area contributed by atoms with Gasteiger partial charge in [0.15, 0.2) is 11.6 Å². The Morgan fingerprint density at radius 3 is 2.56 bits per heavy atom. The Morgan fingerprint density at radius 2 is 1.88 bits per heavy atom. The van der Waals surface area contributed by atoms with Crippen LogP contribution in [0.5, 0.6) is 0 Å². The van der Waals surface area contributed by atoms with E-state index in [-0.39, 0.29) is 30.7 Å². The van der Waals surface area contributed by atoms with E-state index in [2.05, 4.69) is 21.7 Å². The van der Waals surface area contributed by atoms with Gasteiger partial charge in [0.25, 0.3) is 0 Å². The Hall–Kier alpha value is -2.70. The second kappa shape index (κ2) is 7.04. The number of aromatic nitrogens is 3. The van der Waals surface area contributed by atoms with Gasteiger partial charge in [-0.05, 0) is 6.92 Å². The molecule has 7 nitrogen and oxygen atoms in total. The number of benzene rings is 1. The van der Waals surface area contributed by atoms with Crippen LogP contribution in [0.2, 0.25) is 0 Å². The molecule has 1 aliphatic heterocycles. The van der Waals surface area contributed by atoms with E-state index in [1.54, 1.807) is 19.0 Å². The molecule has 0 fully saturated rings. The predicted octanol–water partition coefficient (Wildman–Crippen LogP) is 1.72. The van der Waals surface area contributed by atoms with Crippen LogP contribution in [0.15, 0.2) is 30.3 Å². The minimum Gasteiger partial charge on any atom is -0.349 e. The summed E-state index contributed by atoms with van der Waals surface area (Å²) in [4.78, 5) is 27.4. The minimum absolute atomic E-state index is 0.0161. The average molecular weight is 341 g/mol. The lowest BCUT2D eigenvalue weighted by molar-refractivity contribution is -0.137. The Morgan fingerprint density at radius 1 is 1.16 bits per heavy atom. The van der Waals surface area contributed by atoms with Crippen LogP contribution in [0, 0.1) is 0 Å². The van der Waals surface area contributed by atoms with E-state index >= 15 is 0 Å². The van der Waals surface area contributed by atoms with Crippen molar-refractivity contribution in [3.8, 4) is 11.4 Å². The fourth-order valence-corrected chi connectivity index (χ4v) is 3.10. The van der Waals surface area contributed by atoms with Crippen molar-refractivity contribution in [2.24, 2.45) is 0 Å². The highest BCUT2D eigenvalue weighted by molar-refractivity contribution is 5.83. The topological polar surface area (TPSA) is 71.3 Å². The lowest BCUT2D eigenvalue weighted by Crippen LogP contribution is -2.40. The molecule has 2 aromatic rings. The highest BCUT2D eigenvalue weighted by Gasteiger charge is 2.29. The van der Waals surface area contributed by atoms with Crippen LogP contribution in [-0.2, 0) is 16.1 Å². The van der Waals surface area contributed by atoms with Crippen LogP contribution < -0.4 is 0 Å². The third-order valence-corrected chi connectivity index (χ3v) is 4.46. The standard InChI is InChI=1S/C18H23N5O2/c1-13-11-22(17(25)10-9-16(24)21(2)3)12-15-19-20-18(23(13)15)14-7-5-4-6-8-14/h4-8,13H,9-12H2,1-3H3/t13-/m0/s1. The molecule has 1 aliphatic rings. The SMILES string of the molecule is C[C@H]1CN(C(=O)CCC(=O)N(C)C)Cc2nnc(-c3ccccc3)n21. The summed E-state index contributed by atoms with van der Waals surface area (Å²) in [6.45, 7) is 3.09. The second-order valence-electron chi connectivity index (χ2n) is 6.59. The summed E-state index contributed by atoms with van der Waals surface area (Å²) in [5.74, 6) is 1.56. The summed E-state index contributed by atoms with van der Waals surface area (Å²) < 4.78 is 2.10. The number of carbonyl (C=O) groups is 2. The number of hydrogen-bond acceptors (Lipinski definition) is 4. The van der Waals surface area contributed by atoms with Crippen molar-refractivity contribution in [3.05, 3.63) is 36.2 Å². The van der Waals surface area contributed by atoms with E-state index in [9.17, 15) is 9.59 Å². The quantitative estimate of drug-likeness (QED) is 0.849. The Labute approximate surface area is 147 Å². The Kier molecular flexibility index (Phi) is 4.83. The predicted molar refractivity (Wildman–Crippen MR) is 93.5 cm³/mol. The zero-order valence-electron chi connectivity index (χ0n) is 14.8. The maximum atomic E-state index is 12.5. The van der Waals surface area contributed by atoms with Crippen LogP contribution in [0.1, 0.15) is 31.6 Å². The first-order valence-electron chi connectivity index (χ1n) is 8.44. The van der Waals surface area contributed by atoms with Crippen LogP contribution in [0.4, 0.5) is 0 Å². The first kappa shape index (κ1) is 17.1. The van der Waals surface area contributed by atoms with Gasteiger partial charge in [0, 0.05) is 39.0 Å². The molecular weight excluding hydrogens is 318 g/mol. The molecule has 0 aliphatic carbocycles. The summed E-state index contributed by atoms with van der Waals surface area (Å²) in [5, 5.41) is 8.61. The van der Waals surface area contributed by atoms with Crippen LogP contribution >= 0.6 is 0 Å². The Bertz CT molecular complexity index is 769. The van der Waals surface area contributed by atoms with Gasteiger partial charge in [0.1, 0.15) is 0 Å². The zero-order valence-corrected chi connectivity index (χ0v) is 14.8. The maximum absolute atomic E-state index is 12.5. The highest BCUT2D eigenvalue weighted by Crippen LogP contribution is 2.27. The molecule has 0 spiro atoms. The van der Waals surface area contributed by atoms with Gasteiger partial charge in [-0.1, -0.05) is 30.3 Å². The summed E-state index contributed by atoms with van der Waals surface area (Å²) in [6, 6.07) is 10.0. The summed E-state index contributed by atoms with van der Waals surface area (Å²) >= 11 is 0. The molecule has 0 radical (unpaired) electrons. The van der Waals surface area contributed by atoms with Gasteiger partial charge in [0.05, 0.1) is 12.6 Å². The van der Waals surface area contributed by atoms with Crippen LogP contribution in [0.3, 0.4) is 0 Å². The van der Waals surface area contributed by atoms with Crippen molar-refractivity contribution >= 4 is 11.8 Å². The fraction of sp³-hybridized carbons (Fsp3) is 0.444. The number of nitrogens with zero attached hydrogens (tertiary/aromatic N) is 5. The van der Waals surface area contributed by atoms with Crippen molar-refractivity contribution in [1.82, 2.24) is 24.6 Å². The van der Waals surface area contributed by atoms with Gasteiger partial charge in [-0.15, -0.1) is 10.2 Å². The smallest absolute Gasteiger partial charge is 0.223 e. The van der Waals surface area contributed by atoms with Crippen molar-refractivity contribution in [2.45, 2.75) is 32.4 Å². The monoisotopic (exact) mass is 341 g/mol. The summed E-state index contributed by atoms with van der Waals surface area (Å²) in [5.41, 5.74) is 1.02. The highest BCUT2D eigenvalue weighted by atomic mass is 16.2. The van der Waals surface area contributed by atoms with E-state index in [0.717, 1.165) is 17.2 Å². The van der Waals surface area contributed by atoms with Gasteiger partial charge in [-0.2, -0.15) is 0 Å². The van der Waals surface area contributed by atoms with E-state index < -0.39 is 0 Å². The van der Waals surface area contributed by atoms with Gasteiger partial charge in [0.2, 0.25) is 11.8 Å². The third kappa shape index (κ3) is 3.55. The summed E-state index contributed by atoms with van der Waals surface area (Å²) in [6.07, 6.45) is 0.460. The molecular formula is C18H23N5O2. The van der Waals surface area contributed by atoms with Crippen molar-refractivity contribution in [2.75, 3.05) is 20.6 Å². The number of rotatable bonds is 4. The van der Waals surface area contributed by atoms with Crippen molar-refractivity contribution in [1.29, 1.82) is 0 Å². The molecule has 2 heterocycles. The van der Waals surface area contributed by atoms with Crippen LogP contribution in [-0.4, -0.2) is 57.0 Å². The lowest BCUT2D eigenvalue weighted by Gasteiger charge is -2.32. The normalized spacial score (nSPS) is 16.4. The van der Waals surface area contributed by atoms with Crippen molar-refractivity contribution < 1.29 is 9.59 Å². The molecule has 25 heavy (non-hydrogen) atoms. The van der Waals surface area contributed by atoms with E-state index in [0.29, 0.717) is 13.1 Å². The molecule has 0 bridgehead atoms. The first-order valence-corrected chi connectivity index (χ1v) is 8.44. The van der Waals surface area contributed by atoms with E-state index in [1.165, 1.54) is 4.90 Å². The molecule has 1 atom stereocenters. The molecule has 0 N–H and O–H groups in total. The fourth-order valence-electron chi connectivity index (χ4n) is 3.10. The molecule has 1 aromatic carbocycles. The lowest BCUT2D eigenvalue weighted by atomic mass is 10.1. The first-order chi connectivity index (χ1) is 12.0. The summed E-state index contributed by atoms with van der Waals surface area (Å²) in [7, 11) is 3.40. The number of amides is 2. The molecule has 2 amide bonds. The molecule has 3 rings (SSSR count). The van der Waals surface area contributed by atoms with E-state index in [1.807, 2.05) is 30.3 Å². The molecule has 7 heteroatoms. The molecule has 0 unspecified atom stereocenters. The average Bonchev–Trinajstić information content (AvgIpc) is 3.04. The zero-order chi connectivity index (χ0) is 18.0. The molecule has 0 saturated heterocycles. The van der Waals surface area contributed by atoms with Crippen LogP contribution in [0.25, 0.3) is 11.4 Å². The minimum atomic E-state index is -0.0343. The molecule has 0 saturated carbocycles. The van der Waals surface area contributed by atoms with Gasteiger partial charge in [-0.25, -0.2) is 0 Å². The second-order valence-corrected chi connectivity index (χ2v) is 6.59. The third-order valence-electron chi connectivity index (χ3n) is 4.46.